The Morgan fingerprint density at radius 2 is 1.85 bits per heavy atom. The molecule has 11 heteroatoms. The van der Waals surface area contributed by atoms with Crippen molar-refractivity contribution >= 4 is 29.1 Å². The van der Waals surface area contributed by atoms with Crippen LogP contribution < -0.4 is 10.1 Å². The van der Waals surface area contributed by atoms with Gasteiger partial charge in [-0.3, -0.25) is 4.79 Å². The molecule has 1 heterocycles. The molecule has 0 radical (unpaired) electrons. The topological polar surface area (TPSA) is 84.3 Å². The highest BCUT2D eigenvalue weighted by Crippen LogP contribution is 2.38. The number of halogens is 5. The number of hydrogen-bond acceptors (Lipinski definition) is 5. The third-order valence-corrected chi connectivity index (χ3v) is 6.48. The van der Waals surface area contributed by atoms with Crippen LogP contribution in [0.25, 0.3) is 11.3 Å². The van der Waals surface area contributed by atoms with Crippen LogP contribution in [0.4, 0.5) is 13.2 Å². The molecule has 0 spiro atoms. The van der Waals surface area contributed by atoms with E-state index in [2.05, 4.69) is 15.3 Å². The van der Waals surface area contributed by atoms with Gasteiger partial charge in [-0.15, -0.1) is 0 Å². The predicted molar refractivity (Wildman–Crippen MR) is 116 cm³/mol. The zero-order valence-corrected chi connectivity index (χ0v) is 19.0. The predicted octanol–water partition coefficient (Wildman–Crippen LogP) is 5.29. The first-order chi connectivity index (χ1) is 15.6. The molecule has 178 valence electrons. The largest absolute Gasteiger partial charge is 0.476 e. The van der Waals surface area contributed by atoms with Gasteiger partial charge >= 0.3 is 6.18 Å². The highest BCUT2D eigenvalue weighted by atomic mass is 35.5. The molecule has 1 amide bonds. The molecule has 0 saturated heterocycles. The van der Waals surface area contributed by atoms with Crippen LogP contribution in [0, 0.1) is 5.92 Å². The van der Waals surface area contributed by atoms with E-state index in [0.29, 0.717) is 18.4 Å². The molecule has 2 aromatic rings. The highest BCUT2D eigenvalue weighted by molar-refractivity contribution is 6.42. The maximum absolute atomic E-state index is 13.9. The van der Waals surface area contributed by atoms with Crippen molar-refractivity contribution in [2.45, 2.75) is 56.8 Å². The summed E-state index contributed by atoms with van der Waals surface area (Å²) in [5.41, 5.74) is -2.07. The number of benzene rings is 1. The number of ether oxygens (including phenoxy) is 1. The first-order valence-corrected chi connectivity index (χ1v) is 11.5. The number of carbonyl (C=O) groups excluding carboxylic acids is 1. The molecule has 6 nitrogen and oxygen atoms in total. The average Bonchev–Trinajstić information content (AvgIpc) is 3.59. The number of aromatic nitrogens is 2. The zero-order valence-electron chi connectivity index (χ0n) is 17.5. The van der Waals surface area contributed by atoms with Gasteiger partial charge in [-0.2, -0.15) is 13.2 Å². The van der Waals surface area contributed by atoms with Crippen LogP contribution in [-0.4, -0.2) is 39.7 Å². The summed E-state index contributed by atoms with van der Waals surface area (Å²) in [4.78, 5) is 20.7. The van der Waals surface area contributed by atoms with Crippen LogP contribution in [0.2, 0.25) is 10.0 Å². The molecule has 2 aliphatic carbocycles. The number of nitrogens with zero attached hydrogens (tertiary/aromatic N) is 2. The summed E-state index contributed by atoms with van der Waals surface area (Å²) < 4.78 is 47.2. The summed E-state index contributed by atoms with van der Waals surface area (Å²) in [5.74, 6) is -1.14. The van der Waals surface area contributed by atoms with E-state index in [4.69, 9.17) is 27.9 Å². The number of aliphatic hydroxyl groups is 1. The maximum Gasteiger partial charge on any atom is 0.435 e. The highest BCUT2D eigenvalue weighted by Gasteiger charge is 2.41. The van der Waals surface area contributed by atoms with Gasteiger partial charge in [-0.05, 0) is 43.7 Å². The van der Waals surface area contributed by atoms with Crippen LogP contribution in [0.1, 0.15) is 54.7 Å². The molecular weight excluding hydrogens is 482 g/mol. The van der Waals surface area contributed by atoms with Gasteiger partial charge in [0.2, 0.25) is 5.88 Å². The second-order valence-corrected chi connectivity index (χ2v) is 9.20. The number of amides is 1. The van der Waals surface area contributed by atoms with Crippen LogP contribution in [0.3, 0.4) is 0 Å². The normalized spacial score (nSPS) is 21.0. The van der Waals surface area contributed by atoms with Crippen LogP contribution in [0.5, 0.6) is 5.88 Å². The summed E-state index contributed by atoms with van der Waals surface area (Å²) >= 11 is 12.1. The molecule has 0 unspecified atom stereocenters. The van der Waals surface area contributed by atoms with Gasteiger partial charge < -0.3 is 15.2 Å². The standard InChI is InChI=1S/C22H22Cl2F3N3O3/c23-13-8-7-12(9-14(13)24)17-21(33-10-11-5-6-11)30-19(22(25,26)27)18(29-17)20(32)28-15-3-1-2-4-16(15)31/h7-9,11,15-16,31H,1-6,10H2,(H,28,32)/t15-,16-/m1/s1. The van der Waals surface area contributed by atoms with Crippen LogP contribution >= 0.6 is 23.2 Å². The minimum atomic E-state index is -4.95. The van der Waals surface area contributed by atoms with Gasteiger partial charge in [0, 0.05) is 5.56 Å². The number of aliphatic hydroxyl groups excluding tert-OH is 1. The van der Waals surface area contributed by atoms with Gasteiger partial charge in [0.05, 0.1) is 28.8 Å². The quantitative estimate of drug-likeness (QED) is 0.559. The van der Waals surface area contributed by atoms with Crippen molar-refractivity contribution < 1.29 is 27.8 Å². The number of hydrogen-bond donors (Lipinski definition) is 2. The SMILES string of the molecule is O=C(N[C@@H]1CCCC[C@H]1O)c1nc(-c2ccc(Cl)c(Cl)c2)c(OCC2CC2)nc1C(F)(F)F. The first-order valence-electron chi connectivity index (χ1n) is 10.7. The van der Waals surface area contributed by atoms with Crippen LogP contribution in [0.15, 0.2) is 18.2 Å². The van der Waals surface area contributed by atoms with Crippen molar-refractivity contribution in [3.05, 3.63) is 39.6 Å². The summed E-state index contributed by atoms with van der Waals surface area (Å²) in [6.07, 6.45) is -1.47. The number of alkyl halides is 3. The van der Waals surface area contributed by atoms with E-state index in [-0.39, 0.29) is 34.1 Å². The average molecular weight is 504 g/mol. The Balaban J connectivity index is 1.77. The number of nitrogens with one attached hydrogen (secondary N) is 1. The van der Waals surface area contributed by atoms with E-state index in [1.54, 1.807) is 0 Å². The van der Waals surface area contributed by atoms with Crippen molar-refractivity contribution in [1.82, 2.24) is 15.3 Å². The molecule has 2 fully saturated rings. The summed E-state index contributed by atoms with van der Waals surface area (Å²) in [7, 11) is 0. The molecule has 0 aliphatic heterocycles. The fourth-order valence-electron chi connectivity index (χ4n) is 3.71. The summed E-state index contributed by atoms with van der Waals surface area (Å²) in [6, 6.07) is 3.76. The van der Waals surface area contributed by atoms with Gasteiger partial charge in [-0.25, -0.2) is 9.97 Å². The monoisotopic (exact) mass is 503 g/mol. The maximum atomic E-state index is 13.9. The van der Waals surface area contributed by atoms with Gasteiger partial charge in [0.25, 0.3) is 5.91 Å². The zero-order chi connectivity index (χ0) is 23.8. The van der Waals surface area contributed by atoms with Crippen molar-refractivity contribution in [3.63, 3.8) is 0 Å². The lowest BCUT2D eigenvalue weighted by Gasteiger charge is -2.28. The van der Waals surface area contributed by atoms with E-state index >= 15 is 0 Å². The lowest BCUT2D eigenvalue weighted by Crippen LogP contribution is -2.45. The third kappa shape index (κ3) is 5.70. The Morgan fingerprint density at radius 1 is 1.12 bits per heavy atom. The molecule has 2 atom stereocenters. The Labute approximate surface area is 198 Å². The molecule has 2 N–H and O–H groups in total. The van der Waals surface area contributed by atoms with Crippen molar-refractivity contribution in [2.24, 2.45) is 5.92 Å². The van der Waals surface area contributed by atoms with Crippen molar-refractivity contribution in [3.8, 4) is 17.1 Å². The lowest BCUT2D eigenvalue weighted by molar-refractivity contribution is -0.142. The first kappa shape index (κ1) is 24.0. The Morgan fingerprint density at radius 3 is 2.48 bits per heavy atom. The number of carbonyl (C=O) groups is 1. The minimum Gasteiger partial charge on any atom is -0.476 e. The fraction of sp³-hybridized carbons (Fsp3) is 0.500. The second kappa shape index (κ2) is 9.64. The molecular formula is C22H22Cl2F3N3O3. The molecule has 2 aliphatic rings. The van der Waals surface area contributed by atoms with Crippen molar-refractivity contribution in [2.75, 3.05) is 6.61 Å². The van der Waals surface area contributed by atoms with E-state index < -0.39 is 35.6 Å². The Hall–Kier alpha value is -2.10. The third-order valence-electron chi connectivity index (χ3n) is 5.74. The van der Waals surface area contributed by atoms with Gasteiger partial charge in [-0.1, -0.05) is 42.1 Å². The van der Waals surface area contributed by atoms with Gasteiger partial charge in [0.15, 0.2) is 11.4 Å². The Kier molecular flexibility index (Phi) is 7.02. The minimum absolute atomic E-state index is 0.0449. The van der Waals surface area contributed by atoms with Crippen LogP contribution in [-0.2, 0) is 6.18 Å². The summed E-state index contributed by atoms with van der Waals surface area (Å²) in [5, 5.41) is 13.1. The number of rotatable bonds is 6. The Bertz CT molecular complexity index is 1050. The second-order valence-electron chi connectivity index (χ2n) is 8.39. The molecule has 1 aromatic heterocycles. The molecule has 4 rings (SSSR count). The van der Waals surface area contributed by atoms with Crippen molar-refractivity contribution in [1.29, 1.82) is 0 Å². The summed E-state index contributed by atoms with van der Waals surface area (Å²) in [6.45, 7) is 0.195. The fourth-order valence-corrected chi connectivity index (χ4v) is 4.00. The van der Waals surface area contributed by atoms with E-state index in [0.717, 1.165) is 25.7 Å². The molecule has 1 aromatic carbocycles. The molecule has 2 saturated carbocycles. The molecule has 33 heavy (non-hydrogen) atoms. The van der Waals surface area contributed by atoms with E-state index in [9.17, 15) is 23.1 Å². The van der Waals surface area contributed by atoms with E-state index in [1.165, 1.54) is 18.2 Å². The smallest absolute Gasteiger partial charge is 0.435 e. The van der Waals surface area contributed by atoms with E-state index in [1.807, 2.05) is 0 Å². The van der Waals surface area contributed by atoms with Gasteiger partial charge in [0.1, 0.15) is 5.69 Å². The molecule has 0 bridgehead atoms. The lowest BCUT2D eigenvalue weighted by atomic mass is 9.92.